The van der Waals surface area contributed by atoms with Gasteiger partial charge >= 0.3 is 0 Å². The Kier molecular flexibility index (Phi) is 3.70. The fraction of sp³-hybridized carbons (Fsp3) is 0.571. The van der Waals surface area contributed by atoms with Gasteiger partial charge in [-0.1, -0.05) is 32.1 Å². The van der Waals surface area contributed by atoms with Gasteiger partial charge in [0.15, 0.2) is 0 Å². The molecule has 0 aromatic heterocycles. The molecule has 1 aromatic carbocycles. The quantitative estimate of drug-likeness (QED) is 0.791. The van der Waals surface area contributed by atoms with Gasteiger partial charge in [0, 0.05) is 5.69 Å². The summed E-state index contributed by atoms with van der Waals surface area (Å²) < 4.78 is 5.24. The van der Waals surface area contributed by atoms with Gasteiger partial charge in [-0.3, -0.25) is 0 Å². The van der Waals surface area contributed by atoms with Crippen molar-refractivity contribution in [2.75, 3.05) is 12.8 Å². The molecule has 0 bridgehead atoms. The third-order valence-corrected chi connectivity index (χ3v) is 3.58. The molecular weight excluding hydrogens is 198 g/mol. The maximum absolute atomic E-state index is 6.01. The first-order valence-corrected chi connectivity index (χ1v) is 6.22. The Balaban J connectivity index is 2.06. The molecule has 1 aromatic rings. The molecular formula is C14H21NO. The number of nitrogen functional groups attached to an aromatic ring is 1. The van der Waals surface area contributed by atoms with Crippen molar-refractivity contribution in [2.24, 2.45) is 5.92 Å². The highest BCUT2D eigenvalue weighted by Gasteiger charge is 2.15. The number of anilines is 1. The summed E-state index contributed by atoms with van der Waals surface area (Å²) in [5.74, 6) is 1.74. The van der Waals surface area contributed by atoms with Gasteiger partial charge in [-0.05, 0) is 36.1 Å². The minimum absolute atomic E-state index is 0.822. The van der Waals surface area contributed by atoms with Crippen LogP contribution < -0.4 is 10.5 Å². The topological polar surface area (TPSA) is 35.2 Å². The van der Waals surface area contributed by atoms with Gasteiger partial charge in [-0.2, -0.15) is 0 Å². The molecule has 2 nitrogen and oxygen atoms in total. The van der Waals surface area contributed by atoms with E-state index >= 15 is 0 Å². The van der Waals surface area contributed by atoms with Gasteiger partial charge in [0.25, 0.3) is 0 Å². The van der Waals surface area contributed by atoms with Crippen molar-refractivity contribution < 1.29 is 4.74 Å². The minimum Gasteiger partial charge on any atom is -0.497 e. The summed E-state index contributed by atoms with van der Waals surface area (Å²) >= 11 is 0. The third-order valence-electron chi connectivity index (χ3n) is 3.58. The Hall–Kier alpha value is -1.18. The van der Waals surface area contributed by atoms with E-state index in [2.05, 4.69) is 6.07 Å². The third kappa shape index (κ3) is 2.69. The summed E-state index contributed by atoms with van der Waals surface area (Å²) in [5, 5.41) is 0. The van der Waals surface area contributed by atoms with E-state index in [1.165, 1.54) is 37.7 Å². The number of benzene rings is 1. The van der Waals surface area contributed by atoms with E-state index in [1.54, 1.807) is 7.11 Å². The predicted molar refractivity (Wildman–Crippen MR) is 67.7 cm³/mol. The molecule has 0 heterocycles. The monoisotopic (exact) mass is 219 g/mol. The van der Waals surface area contributed by atoms with Gasteiger partial charge in [0.05, 0.1) is 7.11 Å². The van der Waals surface area contributed by atoms with E-state index in [-0.39, 0.29) is 0 Å². The first-order valence-electron chi connectivity index (χ1n) is 6.22. The van der Waals surface area contributed by atoms with Gasteiger partial charge < -0.3 is 10.5 Å². The smallest absolute Gasteiger partial charge is 0.119 e. The lowest BCUT2D eigenvalue weighted by Crippen LogP contribution is -2.10. The molecule has 0 aliphatic heterocycles. The van der Waals surface area contributed by atoms with Crippen molar-refractivity contribution in [3.05, 3.63) is 23.8 Å². The molecule has 0 atom stereocenters. The summed E-state index contributed by atoms with van der Waals surface area (Å²) in [5.41, 5.74) is 8.17. The molecule has 0 amide bonds. The van der Waals surface area contributed by atoms with Crippen molar-refractivity contribution in [2.45, 2.75) is 38.5 Å². The van der Waals surface area contributed by atoms with Crippen molar-refractivity contribution >= 4 is 5.69 Å². The lowest BCUT2D eigenvalue weighted by molar-refractivity contribution is 0.356. The largest absolute Gasteiger partial charge is 0.497 e. The first-order chi connectivity index (χ1) is 7.79. The van der Waals surface area contributed by atoms with E-state index in [0.717, 1.165) is 23.8 Å². The van der Waals surface area contributed by atoms with Crippen LogP contribution in [-0.4, -0.2) is 7.11 Å². The van der Waals surface area contributed by atoms with Crippen LogP contribution in [0.3, 0.4) is 0 Å². The molecule has 2 rings (SSSR count). The first kappa shape index (κ1) is 11.3. The van der Waals surface area contributed by atoms with Crippen LogP contribution in [0.5, 0.6) is 5.75 Å². The molecule has 0 unspecified atom stereocenters. The fourth-order valence-corrected chi connectivity index (χ4v) is 2.59. The average Bonchev–Trinajstić information content (AvgIpc) is 2.33. The predicted octanol–water partition coefficient (Wildman–Crippen LogP) is 3.40. The fourth-order valence-electron chi connectivity index (χ4n) is 2.59. The maximum Gasteiger partial charge on any atom is 0.119 e. The van der Waals surface area contributed by atoms with Crippen LogP contribution in [0, 0.1) is 5.92 Å². The van der Waals surface area contributed by atoms with Crippen molar-refractivity contribution in [3.63, 3.8) is 0 Å². The molecule has 1 aliphatic carbocycles. The van der Waals surface area contributed by atoms with E-state index in [4.69, 9.17) is 10.5 Å². The van der Waals surface area contributed by atoms with E-state index in [1.807, 2.05) is 12.1 Å². The summed E-state index contributed by atoms with van der Waals surface area (Å²) in [6.45, 7) is 0. The van der Waals surface area contributed by atoms with Gasteiger partial charge in [0.2, 0.25) is 0 Å². The highest BCUT2D eigenvalue weighted by Crippen LogP contribution is 2.30. The van der Waals surface area contributed by atoms with Crippen LogP contribution in [0.2, 0.25) is 0 Å². The molecule has 0 radical (unpaired) electrons. The Morgan fingerprint density at radius 2 is 2.00 bits per heavy atom. The zero-order valence-corrected chi connectivity index (χ0v) is 10.0. The minimum atomic E-state index is 0.822. The van der Waals surface area contributed by atoms with Gasteiger partial charge in [-0.15, -0.1) is 0 Å². The van der Waals surface area contributed by atoms with Gasteiger partial charge in [0.1, 0.15) is 5.75 Å². The number of hydrogen-bond donors (Lipinski definition) is 1. The number of methoxy groups -OCH3 is 1. The maximum atomic E-state index is 6.01. The zero-order valence-electron chi connectivity index (χ0n) is 10.0. The summed E-state index contributed by atoms with van der Waals surface area (Å²) in [6, 6.07) is 5.97. The Bertz CT molecular complexity index is 343. The van der Waals surface area contributed by atoms with E-state index in [0.29, 0.717) is 0 Å². The normalized spacial score (nSPS) is 17.3. The number of ether oxygens (including phenoxy) is 1. The Morgan fingerprint density at radius 1 is 1.25 bits per heavy atom. The molecule has 88 valence electrons. The van der Waals surface area contributed by atoms with Crippen LogP contribution in [0.15, 0.2) is 18.2 Å². The lowest BCUT2D eigenvalue weighted by Gasteiger charge is -2.22. The molecule has 2 N–H and O–H groups in total. The summed E-state index contributed by atoms with van der Waals surface area (Å²) in [7, 11) is 1.70. The van der Waals surface area contributed by atoms with Crippen molar-refractivity contribution in [3.8, 4) is 5.75 Å². The number of rotatable bonds is 3. The molecule has 16 heavy (non-hydrogen) atoms. The summed E-state index contributed by atoms with van der Waals surface area (Å²) in [4.78, 5) is 0. The standard InChI is InChI=1S/C14H21NO/c1-16-13-7-8-14(15)12(10-13)9-11-5-3-2-4-6-11/h7-8,10-11H,2-6,9,15H2,1H3. The van der Waals surface area contributed by atoms with Crippen LogP contribution in [0.1, 0.15) is 37.7 Å². The van der Waals surface area contributed by atoms with E-state index < -0.39 is 0 Å². The number of hydrogen-bond acceptors (Lipinski definition) is 2. The number of nitrogens with two attached hydrogens (primary N) is 1. The van der Waals surface area contributed by atoms with Gasteiger partial charge in [-0.25, -0.2) is 0 Å². The Labute approximate surface area is 97.8 Å². The Morgan fingerprint density at radius 3 is 2.69 bits per heavy atom. The van der Waals surface area contributed by atoms with Crippen molar-refractivity contribution in [1.82, 2.24) is 0 Å². The van der Waals surface area contributed by atoms with E-state index in [9.17, 15) is 0 Å². The SMILES string of the molecule is COc1ccc(N)c(CC2CCCCC2)c1. The second-order valence-corrected chi connectivity index (χ2v) is 4.77. The second kappa shape index (κ2) is 5.24. The zero-order chi connectivity index (χ0) is 11.4. The van der Waals surface area contributed by atoms with Crippen LogP contribution >= 0.6 is 0 Å². The van der Waals surface area contributed by atoms with Crippen LogP contribution in [0.4, 0.5) is 5.69 Å². The highest BCUT2D eigenvalue weighted by molar-refractivity contribution is 5.50. The molecule has 0 spiro atoms. The molecule has 1 saturated carbocycles. The molecule has 1 fully saturated rings. The molecule has 0 saturated heterocycles. The molecule has 1 aliphatic rings. The lowest BCUT2D eigenvalue weighted by atomic mass is 9.84. The molecule has 2 heteroatoms. The van der Waals surface area contributed by atoms with Crippen molar-refractivity contribution in [1.29, 1.82) is 0 Å². The highest BCUT2D eigenvalue weighted by atomic mass is 16.5. The summed E-state index contributed by atoms with van der Waals surface area (Å²) in [6.07, 6.45) is 8.00. The van der Waals surface area contributed by atoms with Crippen LogP contribution in [0.25, 0.3) is 0 Å². The second-order valence-electron chi connectivity index (χ2n) is 4.77. The average molecular weight is 219 g/mol. The van der Waals surface area contributed by atoms with Crippen LogP contribution in [-0.2, 0) is 6.42 Å².